The number of rotatable bonds is 10. The summed E-state index contributed by atoms with van der Waals surface area (Å²) in [7, 11) is 1.87. The zero-order valence-corrected chi connectivity index (χ0v) is 23.3. The summed E-state index contributed by atoms with van der Waals surface area (Å²) in [5, 5.41) is 6.84. The Morgan fingerprint density at radius 2 is 1.75 bits per heavy atom. The van der Waals surface area contributed by atoms with Crippen molar-refractivity contribution >= 4 is 23.1 Å². The number of nitrogens with one attached hydrogen (secondary N) is 2. The summed E-state index contributed by atoms with van der Waals surface area (Å²) in [6.45, 7) is 2.49. The van der Waals surface area contributed by atoms with E-state index in [1.165, 1.54) is 5.57 Å². The third-order valence-electron chi connectivity index (χ3n) is 7.65. The lowest BCUT2D eigenvalue weighted by Crippen LogP contribution is -2.59. The maximum atomic E-state index is 13.9. The summed E-state index contributed by atoms with van der Waals surface area (Å²) in [4.78, 5) is 15.1. The fourth-order valence-electron chi connectivity index (χ4n) is 5.52. The fourth-order valence-corrected chi connectivity index (χ4v) is 5.72. The Morgan fingerprint density at radius 3 is 2.52 bits per heavy atom. The number of fused-ring (bicyclic) bond motifs is 2. The Kier molecular flexibility index (Phi) is 9.15. The predicted octanol–water partition coefficient (Wildman–Crippen LogP) is 5.62. The van der Waals surface area contributed by atoms with Gasteiger partial charge in [0.2, 0.25) is 5.91 Å². The largest absolute Gasteiger partial charge is 0.489 e. The van der Waals surface area contributed by atoms with Gasteiger partial charge in [0.25, 0.3) is 0 Å². The zero-order valence-electron chi connectivity index (χ0n) is 22.5. The van der Waals surface area contributed by atoms with Crippen LogP contribution < -0.4 is 15.4 Å². The molecule has 2 aliphatic heterocycles. The lowest BCUT2D eigenvalue weighted by Gasteiger charge is -2.42. The Balaban J connectivity index is 1.22. The molecule has 210 valence electrons. The molecule has 2 aliphatic rings. The molecule has 3 atom stereocenters. The van der Waals surface area contributed by atoms with Crippen molar-refractivity contribution < 1.29 is 18.3 Å². The number of hydrogen-bond donors (Lipinski definition) is 2. The summed E-state index contributed by atoms with van der Waals surface area (Å²) in [5.41, 5.74) is 4.56. The molecule has 0 spiro atoms. The molecular weight excluding hydrogens is 532 g/mol. The van der Waals surface area contributed by atoms with E-state index in [0.717, 1.165) is 48.3 Å². The molecule has 0 aromatic heterocycles. The highest BCUT2D eigenvalue weighted by atomic mass is 35.5. The molecule has 40 heavy (non-hydrogen) atoms. The SMILES string of the molecule is CN(Cc1ccccc1)C(=O)C[C@@H]1C(c2ccc(CCCOc3c(F)ccc(F)c3Cl)cc2)=C[C@@H]2CNC[C@H]1N2. The molecule has 2 N–H and O–H groups in total. The molecule has 0 saturated carbocycles. The van der Waals surface area contributed by atoms with Gasteiger partial charge in [-0.2, -0.15) is 0 Å². The van der Waals surface area contributed by atoms with Gasteiger partial charge < -0.3 is 20.3 Å². The Bertz CT molecular complexity index is 1350. The van der Waals surface area contributed by atoms with E-state index in [1.807, 2.05) is 42.3 Å². The van der Waals surface area contributed by atoms with Crippen molar-refractivity contribution in [1.29, 1.82) is 0 Å². The van der Waals surface area contributed by atoms with E-state index in [4.69, 9.17) is 16.3 Å². The molecule has 3 aromatic rings. The Morgan fingerprint density at radius 1 is 1.00 bits per heavy atom. The highest BCUT2D eigenvalue weighted by Gasteiger charge is 2.36. The van der Waals surface area contributed by atoms with Gasteiger partial charge in [-0.3, -0.25) is 4.79 Å². The molecule has 1 fully saturated rings. The van der Waals surface area contributed by atoms with Crippen LogP contribution in [0.2, 0.25) is 5.02 Å². The zero-order chi connectivity index (χ0) is 28.1. The Labute approximate surface area is 239 Å². The van der Waals surface area contributed by atoms with Crippen molar-refractivity contribution in [1.82, 2.24) is 15.5 Å². The summed E-state index contributed by atoms with van der Waals surface area (Å²) in [6.07, 6.45) is 4.03. The molecule has 2 bridgehead atoms. The smallest absolute Gasteiger partial charge is 0.223 e. The topological polar surface area (TPSA) is 53.6 Å². The summed E-state index contributed by atoms with van der Waals surface area (Å²) in [6, 6.07) is 20.8. The maximum absolute atomic E-state index is 13.9. The maximum Gasteiger partial charge on any atom is 0.223 e. The number of aryl methyl sites for hydroxylation is 1. The van der Waals surface area contributed by atoms with Crippen LogP contribution in [-0.2, 0) is 17.8 Å². The molecule has 3 aromatic carbocycles. The first-order valence-corrected chi connectivity index (χ1v) is 14.1. The predicted molar refractivity (Wildman–Crippen MR) is 154 cm³/mol. The van der Waals surface area contributed by atoms with Gasteiger partial charge in [-0.25, -0.2) is 8.78 Å². The molecule has 0 aliphatic carbocycles. The van der Waals surface area contributed by atoms with Crippen LogP contribution in [0, 0.1) is 17.6 Å². The summed E-state index contributed by atoms with van der Waals surface area (Å²) in [5.74, 6) is -1.45. The quantitative estimate of drug-likeness (QED) is 0.247. The molecule has 5 rings (SSSR count). The fraction of sp³-hybridized carbons (Fsp3) is 0.344. The van der Waals surface area contributed by atoms with Crippen LogP contribution in [0.25, 0.3) is 5.57 Å². The summed E-state index contributed by atoms with van der Waals surface area (Å²) < 4.78 is 33.0. The first kappa shape index (κ1) is 28.3. The van der Waals surface area contributed by atoms with E-state index in [1.54, 1.807) is 0 Å². The normalized spacial score (nSPS) is 20.1. The second kappa shape index (κ2) is 12.9. The van der Waals surface area contributed by atoms with Gasteiger partial charge in [-0.15, -0.1) is 0 Å². The second-order valence-electron chi connectivity index (χ2n) is 10.5. The molecule has 1 saturated heterocycles. The van der Waals surface area contributed by atoms with E-state index in [2.05, 4.69) is 41.0 Å². The van der Waals surface area contributed by atoms with E-state index in [9.17, 15) is 13.6 Å². The molecule has 1 amide bonds. The molecule has 0 radical (unpaired) electrons. The number of carbonyl (C=O) groups excluding carboxylic acids is 1. The molecule has 8 heteroatoms. The number of hydrogen-bond acceptors (Lipinski definition) is 4. The van der Waals surface area contributed by atoms with E-state index in [-0.39, 0.29) is 41.3 Å². The highest BCUT2D eigenvalue weighted by Crippen LogP contribution is 2.35. The van der Waals surface area contributed by atoms with Crippen molar-refractivity contribution in [3.8, 4) is 5.75 Å². The van der Waals surface area contributed by atoms with Gasteiger partial charge in [0.15, 0.2) is 11.6 Å². The average Bonchev–Trinajstić information content (AvgIpc) is 2.97. The Hall–Kier alpha value is -3.26. The van der Waals surface area contributed by atoms with Crippen LogP contribution in [0.4, 0.5) is 8.78 Å². The molecule has 2 heterocycles. The summed E-state index contributed by atoms with van der Waals surface area (Å²) >= 11 is 5.84. The van der Waals surface area contributed by atoms with Gasteiger partial charge in [0, 0.05) is 51.1 Å². The van der Waals surface area contributed by atoms with Crippen LogP contribution >= 0.6 is 11.6 Å². The van der Waals surface area contributed by atoms with Gasteiger partial charge in [0.05, 0.1) is 6.61 Å². The minimum atomic E-state index is -0.705. The van der Waals surface area contributed by atoms with Crippen molar-refractivity contribution in [2.75, 3.05) is 26.7 Å². The first-order valence-electron chi connectivity index (χ1n) is 13.7. The van der Waals surface area contributed by atoms with Crippen LogP contribution in [0.3, 0.4) is 0 Å². The monoisotopic (exact) mass is 565 g/mol. The van der Waals surface area contributed by atoms with Gasteiger partial charge in [0.1, 0.15) is 10.8 Å². The van der Waals surface area contributed by atoms with E-state index >= 15 is 0 Å². The van der Waals surface area contributed by atoms with Crippen LogP contribution in [0.1, 0.15) is 29.5 Å². The number of nitrogens with zero attached hydrogens (tertiary/aromatic N) is 1. The standard InChI is InChI=1S/C32H34ClF2N3O2/c1-38(20-22-6-3-2-4-7-22)30(39)17-26-25(16-24-18-36-19-29(26)37-24)23-11-9-21(10-12-23)8-5-15-40-32-28(35)14-13-27(34)31(32)33/h2-4,6-7,9-14,16,24,26,29,36-37H,5,8,15,17-20H2,1H3/t24-,26-,29-/m1/s1. The van der Waals surface area contributed by atoms with Gasteiger partial charge >= 0.3 is 0 Å². The number of benzene rings is 3. The third-order valence-corrected chi connectivity index (χ3v) is 8.00. The van der Waals surface area contributed by atoms with E-state index in [0.29, 0.717) is 19.4 Å². The lowest BCUT2D eigenvalue weighted by atomic mass is 9.78. The first-order chi connectivity index (χ1) is 19.4. The number of ether oxygens (including phenoxy) is 1. The second-order valence-corrected chi connectivity index (χ2v) is 10.9. The molecular formula is C32H34ClF2N3O2. The van der Waals surface area contributed by atoms with Crippen LogP contribution in [0.5, 0.6) is 5.75 Å². The van der Waals surface area contributed by atoms with Crippen molar-refractivity contribution in [3.63, 3.8) is 0 Å². The van der Waals surface area contributed by atoms with E-state index < -0.39 is 11.6 Å². The number of carbonyl (C=O) groups is 1. The van der Waals surface area contributed by atoms with Crippen LogP contribution in [0.15, 0.2) is 72.8 Å². The van der Waals surface area contributed by atoms with Crippen molar-refractivity contribution in [2.45, 2.75) is 37.9 Å². The van der Waals surface area contributed by atoms with Gasteiger partial charge in [-0.1, -0.05) is 72.3 Å². The van der Waals surface area contributed by atoms with Crippen molar-refractivity contribution in [3.05, 3.63) is 106 Å². The molecule has 0 unspecified atom stereocenters. The third kappa shape index (κ3) is 6.72. The lowest BCUT2D eigenvalue weighted by molar-refractivity contribution is -0.131. The van der Waals surface area contributed by atoms with Crippen LogP contribution in [-0.4, -0.2) is 49.6 Å². The van der Waals surface area contributed by atoms with Crippen molar-refractivity contribution in [2.24, 2.45) is 5.92 Å². The number of amides is 1. The number of halogens is 3. The number of piperazine rings is 1. The van der Waals surface area contributed by atoms with Gasteiger partial charge in [-0.05, 0) is 47.2 Å². The highest BCUT2D eigenvalue weighted by molar-refractivity contribution is 6.32. The average molecular weight is 566 g/mol. The minimum absolute atomic E-state index is 0.0555. The molecule has 5 nitrogen and oxygen atoms in total. The minimum Gasteiger partial charge on any atom is -0.489 e.